The zero-order chi connectivity index (χ0) is 8.53. The molecule has 0 aliphatic carbocycles. The van der Waals surface area contributed by atoms with E-state index in [0.717, 1.165) is 0 Å². The second kappa shape index (κ2) is 7.50. The van der Waals surface area contributed by atoms with Gasteiger partial charge in [0.25, 0.3) is 0 Å². The van der Waals surface area contributed by atoms with E-state index in [9.17, 15) is 4.79 Å². The van der Waals surface area contributed by atoms with Crippen LogP contribution in [-0.2, 0) is 14.3 Å². The van der Waals surface area contributed by atoms with E-state index in [2.05, 4.69) is 0 Å². The van der Waals surface area contributed by atoms with Crippen molar-refractivity contribution in [3.8, 4) is 0 Å². The fourth-order valence-electron chi connectivity index (χ4n) is 0.593. The zero-order valence-electron chi connectivity index (χ0n) is 6.84. The van der Waals surface area contributed by atoms with Crippen LogP contribution in [0.1, 0.15) is 12.8 Å². The molecule has 0 aromatic heterocycles. The first-order chi connectivity index (χ1) is 5.27. The molecule has 4 nitrogen and oxygen atoms in total. The van der Waals surface area contributed by atoms with Crippen molar-refractivity contribution >= 4 is 5.91 Å². The molecular formula is C7H15NO3. The molecule has 2 N–H and O–H groups in total. The summed E-state index contributed by atoms with van der Waals surface area (Å²) in [5.74, 6) is -0.277. The Balaban J connectivity index is 2.85. The molecule has 0 heterocycles. The van der Waals surface area contributed by atoms with Gasteiger partial charge in [0.1, 0.15) is 0 Å². The van der Waals surface area contributed by atoms with Gasteiger partial charge in [-0.15, -0.1) is 0 Å². The Bertz CT molecular complexity index is 106. The molecule has 66 valence electrons. The molecule has 0 aliphatic heterocycles. The molecular weight excluding hydrogens is 146 g/mol. The van der Waals surface area contributed by atoms with Crippen molar-refractivity contribution in [1.82, 2.24) is 0 Å². The monoisotopic (exact) mass is 161 g/mol. The van der Waals surface area contributed by atoms with Crippen molar-refractivity contribution in [3.63, 3.8) is 0 Å². The van der Waals surface area contributed by atoms with E-state index in [1.165, 1.54) is 0 Å². The summed E-state index contributed by atoms with van der Waals surface area (Å²) < 4.78 is 9.84. The largest absolute Gasteiger partial charge is 0.382 e. The van der Waals surface area contributed by atoms with E-state index < -0.39 is 0 Å². The number of carbonyl (C=O) groups excluding carboxylic acids is 1. The molecule has 4 heteroatoms. The van der Waals surface area contributed by atoms with Crippen molar-refractivity contribution in [2.75, 3.05) is 26.9 Å². The third kappa shape index (κ3) is 9.39. The number of hydrogen-bond acceptors (Lipinski definition) is 3. The van der Waals surface area contributed by atoms with Crippen molar-refractivity contribution in [2.24, 2.45) is 5.73 Å². The number of nitrogens with two attached hydrogens (primary N) is 1. The molecule has 0 rings (SSSR count). The Kier molecular flexibility index (Phi) is 7.08. The highest BCUT2D eigenvalue weighted by Gasteiger charge is 1.93. The van der Waals surface area contributed by atoms with Crippen LogP contribution in [-0.4, -0.2) is 32.8 Å². The fourth-order valence-corrected chi connectivity index (χ4v) is 0.593. The molecule has 0 radical (unpaired) electrons. The summed E-state index contributed by atoms with van der Waals surface area (Å²) in [6, 6.07) is 0. The average Bonchev–Trinajstić information content (AvgIpc) is 1.96. The molecule has 0 unspecified atom stereocenters. The Morgan fingerprint density at radius 2 is 2.09 bits per heavy atom. The van der Waals surface area contributed by atoms with Gasteiger partial charge in [-0.1, -0.05) is 0 Å². The van der Waals surface area contributed by atoms with Gasteiger partial charge in [0.05, 0.1) is 13.2 Å². The van der Waals surface area contributed by atoms with Gasteiger partial charge in [-0.3, -0.25) is 4.79 Å². The SMILES string of the molecule is COCCOCCCC(N)=O. The lowest BCUT2D eigenvalue weighted by Gasteiger charge is -2.00. The second-order valence-electron chi connectivity index (χ2n) is 2.18. The minimum atomic E-state index is -0.277. The molecule has 0 aromatic rings. The summed E-state index contributed by atoms with van der Waals surface area (Å²) >= 11 is 0. The number of rotatable bonds is 7. The Morgan fingerprint density at radius 3 is 2.64 bits per heavy atom. The minimum absolute atomic E-state index is 0.277. The standard InChI is InChI=1S/C7H15NO3/c1-10-5-6-11-4-2-3-7(8)9/h2-6H2,1H3,(H2,8,9). The van der Waals surface area contributed by atoms with Gasteiger partial charge >= 0.3 is 0 Å². The predicted octanol–water partition coefficient (Wildman–Crippen LogP) is -0.0851. The molecule has 0 fully saturated rings. The number of hydrogen-bond donors (Lipinski definition) is 1. The molecule has 0 saturated carbocycles. The summed E-state index contributed by atoms with van der Waals surface area (Å²) in [7, 11) is 1.62. The average molecular weight is 161 g/mol. The number of primary amides is 1. The van der Waals surface area contributed by atoms with Crippen LogP contribution in [0.15, 0.2) is 0 Å². The Labute approximate surface area is 66.7 Å². The molecule has 1 amide bonds. The van der Waals surface area contributed by atoms with E-state index >= 15 is 0 Å². The smallest absolute Gasteiger partial charge is 0.217 e. The summed E-state index contributed by atoms with van der Waals surface area (Å²) in [6.07, 6.45) is 1.09. The van der Waals surface area contributed by atoms with Crippen molar-refractivity contribution < 1.29 is 14.3 Å². The molecule has 0 bridgehead atoms. The van der Waals surface area contributed by atoms with Gasteiger partial charge in [-0.2, -0.15) is 0 Å². The first kappa shape index (κ1) is 10.4. The number of amides is 1. The topological polar surface area (TPSA) is 61.6 Å². The van der Waals surface area contributed by atoms with E-state index in [0.29, 0.717) is 32.7 Å². The van der Waals surface area contributed by atoms with E-state index in [1.54, 1.807) is 7.11 Å². The lowest BCUT2D eigenvalue weighted by atomic mass is 10.3. The van der Waals surface area contributed by atoms with Gasteiger partial charge in [-0.25, -0.2) is 0 Å². The van der Waals surface area contributed by atoms with Crippen LogP contribution >= 0.6 is 0 Å². The summed E-state index contributed by atoms with van der Waals surface area (Å²) in [4.78, 5) is 10.2. The summed E-state index contributed by atoms with van der Waals surface area (Å²) in [5.41, 5.74) is 4.91. The van der Waals surface area contributed by atoms with Crippen LogP contribution < -0.4 is 5.73 Å². The number of ether oxygens (including phenoxy) is 2. The van der Waals surface area contributed by atoms with Crippen LogP contribution in [0.2, 0.25) is 0 Å². The van der Waals surface area contributed by atoms with Gasteiger partial charge < -0.3 is 15.2 Å². The zero-order valence-corrected chi connectivity index (χ0v) is 6.84. The van der Waals surface area contributed by atoms with Crippen molar-refractivity contribution in [1.29, 1.82) is 0 Å². The molecule has 0 atom stereocenters. The third-order valence-corrected chi connectivity index (χ3v) is 1.14. The lowest BCUT2D eigenvalue weighted by molar-refractivity contribution is -0.118. The first-order valence-corrected chi connectivity index (χ1v) is 3.62. The summed E-state index contributed by atoms with van der Waals surface area (Å²) in [5, 5.41) is 0. The maximum absolute atomic E-state index is 10.2. The second-order valence-corrected chi connectivity index (χ2v) is 2.18. The maximum Gasteiger partial charge on any atom is 0.217 e. The normalized spacial score (nSPS) is 9.91. The first-order valence-electron chi connectivity index (χ1n) is 3.62. The molecule has 11 heavy (non-hydrogen) atoms. The molecule has 0 spiro atoms. The van der Waals surface area contributed by atoms with Crippen LogP contribution in [0, 0.1) is 0 Å². The van der Waals surface area contributed by atoms with Gasteiger partial charge in [0.15, 0.2) is 0 Å². The minimum Gasteiger partial charge on any atom is -0.382 e. The van der Waals surface area contributed by atoms with Gasteiger partial charge in [0, 0.05) is 20.1 Å². The molecule has 0 aliphatic rings. The van der Waals surface area contributed by atoms with E-state index in [-0.39, 0.29) is 5.91 Å². The third-order valence-electron chi connectivity index (χ3n) is 1.14. The highest BCUT2D eigenvalue weighted by atomic mass is 16.5. The maximum atomic E-state index is 10.2. The van der Waals surface area contributed by atoms with Crippen LogP contribution in [0.3, 0.4) is 0 Å². The van der Waals surface area contributed by atoms with Crippen LogP contribution in [0.5, 0.6) is 0 Å². The van der Waals surface area contributed by atoms with Crippen molar-refractivity contribution in [2.45, 2.75) is 12.8 Å². The van der Waals surface area contributed by atoms with E-state index in [1.807, 2.05) is 0 Å². The molecule has 0 saturated heterocycles. The van der Waals surface area contributed by atoms with Crippen LogP contribution in [0.25, 0.3) is 0 Å². The summed E-state index contributed by atoms with van der Waals surface area (Å²) in [6.45, 7) is 1.75. The van der Waals surface area contributed by atoms with E-state index in [4.69, 9.17) is 15.2 Å². The number of methoxy groups -OCH3 is 1. The van der Waals surface area contributed by atoms with Gasteiger partial charge in [-0.05, 0) is 6.42 Å². The quantitative estimate of drug-likeness (QED) is 0.531. The van der Waals surface area contributed by atoms with Crippen molar-refractivity contribution in [3.05, 3.63) is 0 Å². The van der Waals surface area contributed by atoms with Gasteiger partial charge in [0.2, 0.25) is 5.91 Å². The lowest BCUT2D eigenvalue weighted by Crippen LogP contribution is -2.11. The predicted molar refractivity (Wildman–Crippen MR) is 41.1 cm³/mol. The Hall–Kier alpha value is -0.610. The molecule has 0 aromatic carbocycles. The highest BCUT2D eigenvalue weighted by molar-refractivity contribution is 5.73. The number of carbonyl (C=O) groups is 1. The van der Waals surface area contributed by atoms with Crippen LogP contribution in [0.4, 0.5) is 0 Å². The highest BCUT2D eigenvalue weighted by Crippen LogP contribution is 1.88. The fraction of sp³-hybridized carbons (Fsp3) is 0.857. The Morgan fingerprint density at radius 1 is 1.36 bits per heavy atom.